The first kappa shape index (κ1) is 18.3. The van der Waals surface area contributed by atoms with E-state index in [0.29, 0.717) is 16.1 Å². The summed E-state index contributed by atoms with van der Waals surface area (Å²) < 4.78 is 35.7. The van der Waals surface area contributed by atoms with Gasteiger partial charge in [-0.3, -0.25) is 14.4 Å². The Kier molecular flexibility index (Phi) is 6.21. The lowest BCUT2D eigenvalue weighted by Crippen LogP contribution is -2.41. The topological polar surface area (TPSA) is 75.3 Å². The molecule has 9 heteroatoms. The van der Waals surface area contributed by atoms with Crippen LogP contribution in [0.15, 0.2) is 22.1 Å². The van der Waals surface area contributed by atoms with Gasteiger partial charge in [-0.2, -0.15) is 13.2 Å². The summed E-state index contributed by atoms with van der Waals surface area (Å²) in [6.07, 6.45) is -2.91. The van der Waals surface area contributed by atoms with E-state index in [4.69, 9.17) is 0 Å². The van der Waals surface area contributed by atoms with E-state index in [0.717, 1.165) is 0 Å². The molecule has 0 fully saturated rings. The van der Waals surface area contributed by atoms with Crippen LogP contribution in [0.1, 0.15) is 13.8 Å². The molecule has 0 saturated heterocycles. The monoisotopic (exact) mass is 336 g/mol. The van der Waals surface area contributed by atoms with Gasteiger partial charge in [-0.1, -0.05) is 0 Å². The van der Waals surface area contributed by atoms with Crippen molar-refractivity contribution in [1.82, 2.24) is 10.6 Å². The van der Waals surface area contributed by atoms with E-state index < -0.39 is 31.1 Å². The highest BCUT2D eigenvalue weighted by Gasteiger charge is 2.27. The molecule has 0 saturated carbocycles. The van der Waals surface area contributed by atoms with Crippen molar-refractivity contribution in [3.63, 3.8) is 0 Å². The van der Waals surface area contributed by atoms with Crippen molar-refractivity contribution in [2.24, 2.45) is 0 Å². The number of rotatable bonds is 5. The maximum atomic E-state index is 11.9. The Morgan fingerprint density at radius 2 is 1.91 bits per heavy atom. The van der Waals surface area contributed by atoms with Gasteiger partial charge in [0, 0.05) is 11.3 Å². The standard InChI is InChI=1S/C13H15F3N2O3S/c1-7-3-10(8(2)19)22-5-9(7)12(21)17-4-11(20)18-6-13(14,15)16/h3H,4-6H2,1-2H3,(H,17,21)(H,18,20). The number of alkyl halides is 3. The van der Waals surface area contributed by atoms with Gasteiger partial charge < -0.3 is 10.6 Å². The summed E-state index contributed by atoms with van der Waals surface area (Å²) in [7, 11) is 0. The normalized spacial score (nSPS) is 15.2. The highest BCUT2D eigenvalue weighted by molar-refractivity contribution is 8.04. The summed E-state index contributed by atoms with van der Waals surface area (Å²) in [6, 6.07) is 0. The number of carbonyl (C=O) groups excluding carboxylic acids is 3. The van der Waals surface area contributed by atoms with E-state index in [1.807, 2.05) is 0 Å². The molecule has 1 rings (SSSR count). The fourth-order valence-electron chi connectivity index (χ4n) is 1.57. The van der Waals surface area contributed by atoms with Gasteiger partial charge in [-0.05, 0) is 25.5 Å². The van der Waals surface area contributed by atoms with E-state index in [9.17, 15) is 27.6 Å². The third-order valence-corrected chi connectivity index (χ3v) is 3.86. The van der Waals surface area contributed by atoms with E-state index in [1.54, 1.807) is 18.3 Å². The number of hydrogen-bond donors (Lipinski definition) is 2. The zero-order chi connectivity index (χ0) is 16.9. The van der Waals surface area contributed by atoms with Crippen LogP contribution in [0.5, 0.6) is 0 Å². The minimum atomic E-state index is -4.49. The first-order valence-electron chi connectivity index (χ1n) is 6.27. The molecule has 0 bridgehead atoms. The fourth-order valence-corrected chi connectivity index (χ4v) is 2.69. The van der Waals surface area contributed by atoms with Gasteiger partial charge in [-0.25, -0.2) is 0 Å². The minimum absolute atomic E-state index is 0.102. The average Bonchev–Trinajstić information content (AvgIpc) is 2.41. The second-order valence-electron chi connectivity index (χ2n) is 4.59. The number of hydrogen-bond acceptors (Lipinski definition) is 4. The molecule has 1 aliphatic rings. The van der Waals surface area contributed by atoms with Gasteiger partial charge in [0.15, 0.2) is 5.78 Å². The minimum Gasteiger partial charge on any atom is -0.345 e. The zero-order valence-corrected chi connectivity index (χ0v) is 12.8. The van der Waals surface area contributed by atoms with Crippen LogP contribution in [0.2, 0.25) is 0 Å². The Hall–Kier alpha value is -1.77. The quantitative estimate of drug-likeness (QED) is 0.794. The third-order valence-electron chi connectivity index (χ3n) is 2.71. The van der Waals surface area contributed by atoms with Crippen LogP contribution in [0, 0.1) is 0 Å². The predicted molar refractivity (Wildman–Crippen MR) is 76.0 cm³/mol. The Bertz CT molecular complexity index is 553. The Morgan fingerprint density at radius 1 is 1.27 bits per heavy atom. The third kappa shape index (κ3) is 5.92. The van der Waals surface area contributed by atoms with Crippen molar-refractivity contribution in [3.05, 3.63) is 22.1 Å². The van der Waals surface area contributed by atoms with Gasteiger partial charge in [-0.15, -0.1) is 11.8 Å². The predicted octanol–water partition coefficient (Wildman–Crippen LogP) is 1.32. The van der Waals surface area contributed by atoms with Crippen LogP contribution in [0.4, 0.5) is 13.2 Å². The fraction of sp³-hybridized carbons (Fsp3) is 0.462. The summed E-state index contributed by atoms with van der Waals surface area (Å²) in [6.45, 7) is 1.09. The van der Waals surface area contributed by atoms with Crippen LogP contribution in [-0.2, 0) is 14.4 Å². The number of amides is 2. The number of Topliss-reactive ketones (excluding diaryl/α,β-unsaturated/α-hetero) is 1. The lowest BCUT2D eigenvalue weighted by molar-refractivity contribution is -0.138. The molecule has 0 aliphatic carbocycles. The molecule has 22 heavy (non-hydrogen) atoms. The average molecular weight is 336 g/mol. The Labute approximate surface area is 129 Å². The molecule has 0 aromatic heterocycles. The molecule has 0 unspecified atom stereocenters. The number of halogens is 3. The summed E-state index contributed by atoms with van der Waals surface area (Å²) in [5.74, 6) is -1.29. The summed E-state index contributed by atoms with van der Waals surface area (Å²) in [5, 5.41) is 3.92. The van der Waals surface area contributed by atoms with E-state index >= 15 is 0 Å². The number of carbonyl (C=O) groups is 3. The first-order chi connectivity index (χ1) is 10.1. The van der Waals surface area contributed by atoms with Crippen LogP contribution in [-0.4, -0.2) is 42.6 Å². The van der Waals surface area contributed by atoms with Crippen LogP contribution < -0.4 is 10.6 Å². The van der Waals surface area contributed by atoms with Gasteiger partial charge >= 0.3 is 6.18 Å². The maximum Gasteiger partial charge on any atom is 0.405 e. The number of nitrogens with one attached hydrogen (secondary N) is 2. The van der Waals surface area contributed by atoms with Gasteiger partial charge in [0.25, 0.3) is 0 Å². The molecular weight excluding hydrogens is 321 g/mol. The number of thioether (sulfide) groups is 1. The van der Waals surface area contributed by atoms with Crippen molar-refractivity contribution in [2.45, 2.75) is 20.0 Å². The van der Waals surface area contributed by atoms with E-state index in [-0.39, 0.29) is 11.5 Å². The second kappa shape index (κ2) is 7.48. The molecular formula is C13H15F3N2O3S. The highest BCUT2D eigenvalue weighted by Crippen LogP contribution is 2.28. The number of allylic oxidation sites excluding steroid dienone is 3. The highest BCUT2D eigenvalue weighted by atomic mass is 32.2. The van der Waals surface area contributed by atoms with Gasteiger partial charge in [0.05, 0.1) is 11.4 Å². The zero-order valence-electron chi connectivity index (χ0n) is 12.0. The SMILES string of the molecule is CC(=O)C1=CC(C)=C(C(=O)NCC(=O)NCC(F)(F)F)CS1. The maximum absolute atomic E-state index is 11.9. The second-order valence-corrected chi connectivity index (χ2v) is 5.61. The Morgan fingerprint density at radius 3 is 2.41 bits per heavy atom. The van der Waals surface area contributed by atoms with Crippen molar-refractivity contribution < 1.29 is 27.6 Å². The van der Waals surface area contributed by atoms with Gasteiger partial charge in [0.1, 0.15) is 6.54 Å². The molecule has 0 atom stereocenters. The largest absolute Gasteiger partial charge is 0.405 e. The lowest BCUT2D eigenvalue weighted by atomic mass is 10.1. The molecule has 2 N–H and O–H groups in total. The summed E-state index contributed by atoms with van der Waals surface area (Å²) in [4.78, 5) is 34.9. The van der Waals surface area contributed by atoms with E-state index in [2.05, 4.69) is 5.32 Å². The Balaban J connectivity index is 2.54. The van der Waals surface area contributed by atoms with Crippen molar-refractivity contribution in [2.75, 3.05) is 18.8 Å². The molecule has 1 heterocycles. The van der Waals surface area contributed by atoms with Crippen molar-refractivity contribution in [1.29, 1.82) is 0 Å². The van der Waals surface area contributed by atoms with Crippen LogP contribution >= 0.6 is 11.8 Å². The molecule has 2 amide bonds. The summed E-state index contributed by atoms with van der Waals surface area (Å²) >= 11 is 1.20. The molecule has 0 aromatic rings. The first-order valence-corrected chi connectivity index (χ1v) is 7.25. The van der Waals surface area contributed by atoms with Crippen LogP contribution in [0.25, 0.3) is 0 Å². The van der Waals surface area contributed by atoms with Crippen molar-refractivity contribution >= 4 is 29.4 Å². The number of ketones is 1. The van der Waals surface area contributed by atoms with Crippen LogP contribution in [0.3, 0.4) is 0 Å². The van der Waals surface area contributed by atoms with E-state index in [1.165, 1.54) is 18.7 Å². The molecule has 0 spiro atoms. The lowest BCUT2D eigenvalue weighted by Gasteiger charge is -2.16. The summed E-state index contributed by atoms with van der Waals surface area (Å²) in [5.41, 5.74) is 0.982. The molecule has 0 radical (unpaired) electrons. The molecule has 1 aliphatic heterocycles. The van der Waals surface area contributed by atoms with Crippen molar-refractivity contribution in [3.8, 4) is 0 Å². The molecule has 122 valence electrons. The smallest absolute Gasteiger partial charge is 0.345 e. The van der Waals surface area contributed by atoms with Gasteiger partial charge in [0.2, 0.25) is 11.8 Å². The molecule has 0 aromatic carbocycles. The molecule has 5 nitrogen and oxygen atoms in total.